The molecule has 2 amide bonds. The Hall–Kier alpha value is -2.38. The number of hydrogen-bond acceptors (Lipinski definition) is 4. The highest BCUT2D eigenvalue weighted by molar-refractivity contribution is 7.94. The van der Waals surface area contributed by atoms with Gasteiger partial charge in [0.1, 0.15) is 0 Å². The normalized spacial score (nSPS) is 16.1. The SMILES string of the molecule is Cc1ccccc1NC(=O)c1cc(N2C(=O)CCS2(=O)=O)ccc1Cl. The number of halogens is 1. The number of anilines is 2. The first-order valence-corrected chi connectivity index (χ1v) is 9.51. The summed E-state index contributed by atoms with van der Waals surface area (Å²) < 4.78 is 24.8. The molecule has 3 rings (SSSR count). The Labute approximate surface area is 150 Å². The first kappa shape index (κ1) is 17.4. The van der Waals surface area contributed by atoms with Crippen LogP contribution in [0.4, 0.5) is 11.4 Å². The second-order valence-electron chi connectivity index (χ2n) is 5.66. The van der Waals surface area contributed by atoms with Gasteiger partial charge in [0.15, 0.2) is 0 Å². The van der Waals surface area contributed by atoms with E-state index < -0.39 is 21.8 Å². The summed E-state index contributed by atoms with van der Waals surface area (Å²) in [5, 5.41) is 2.91. The summed E-state index contributed by atoms with van der Waals surface area (Å²) in [4.78, 5) is 24.5. The van der Waals surface area contributed by atoms with Crippen LogP contribution in [0.1, 0.15) is 22.3 Å². The number of rotatable bonds is 3. The number of nitrogens with one attached hydrogen (secondary N) is 1. The fourth-order valence-corrected chi connectivity index (χ4v) is 4.24. The van der Waals surface area contributed by atoms with Gasteiger partial charge < -0.3 is 5.32 Å². The lowest BCUT2D eigenvalue weighted by Crippen LogP contribution is -2.29. The average Bonchev–Trinajstić information content (AvgIpc) is 2.83. The van der Waals surface area contributed by atoms with Gasteiger partial charge in [-0.1, -0.05) is 29.8 Å². The van der Waals surface area contributed by atoms with Gasteiger partial charge in [0, 0.05) is 12.1 Å². The third-order valence-electron chi connectivity index (χ3n) is 3.90. The maximum absolute atomic E-state index is 12.5. The van der Waals surface area contributed by atoms with E-state index in [1.807, 2.05) is 19.1 Å². The van der Waals surface area contributed by atoms with E-state index in [4.69, 9.17) is 11.6 Å². The van der Waals surface area contributed by atoms with Crippen molar-refractivity contribution in [2.45, 2.75) is 13.3 Å². The molecule has 130 valence electrons. The van der Waals surface area contributed by atoms with Gasteiger partial charge in [0.05, 0.1) is 22.0 Å². The molecule has 2 aromatic carbocycles. The van der Waals surface area contributed by atoms with Crippen LogP contribution < -0.4 is 9.62 Å². The summed E-state index contributed by atoms with van der Waals surface area (Å²) in [5.41, 5.74) is 1.71. The summed E-state index contributed by atoms with van der Waals surface area (Å²) in [6.45, 7) is 1.85. The largest absolute Gasteiger partial charge is 0.322 e. The van der Waals surface area contributed by atoms with Crippen molar-refractivity contribution in [3.05, 3.63) is 58.6 Å². The molecular formula is C17H15ClN2O4S. The van der Waals surface area contributed by atoms with E-state index in [-0.39, 0.29) is 28.4 Å². The number of nitrogens with zero attached hydrogens (tertiary/aromatic N) is 1. The molecule has 2 aromatic rings. The lowest BCUT2D eigenvalue weighted by molar-refractivity contribution is -0.116. The molecule has 1 aliphatic rings. The van der Waals surface area contributed by atoms with Gasteiger partial charge in [0.2, 0.25) is 15.9 Å². The Morgan fingerprint density at radius 2 is 1.92 bits per heavy atom. The van der Waals surface area contributed by atoms with Crippen LogP contribution in [0.5, 0.6) is 0 Å². The molecule has 0 saturated carbocycles. The zero-order valence-electron chi connectivity index (χ0n) is 13.3. The van der Waals surface area contributed by atoms with Crippen LogP contribution in [0.25, 0.3) is 0 Å². The van der Waals surface area contributed by atoms with E-state index in [2.05, 4.69) is 5.32 Å². The first-order valence-electron chi connectivity index (χ1n) is 7.52. The van der Waals surface area contributed by atoms with E-state index in [0.717, 1.165) is 9.87 Å². The zero-order valence-corrected chi connectivity index (χ0v) is 14.9. The smallest absolute Gasteiger partial charge is 0.257 e. The van der Waals surface area contributed by atoms with Crippen molar-refractivity contribution in [3.8, 4) is 0 Å². The molecule has 1 heterocycles. The number of hydrogen-bond donors (Lipinski definition) is 1. The molecule has 0 aliphatic carbocycles. The van der Waals surface area contributed by atoms with Gasteiger partial charge in [-0.2, -0.15) is 0 Å². The average molecular weight is 379 g/mol. The van der Waals surface area contributed by atoms with E-state index >= 15 is 0 Å². The summed E-state index contributed by atoms with van der Waals surface area (Å²) in [6, 6.07) is 11.4. The number of amides is 2. The topological polar surface area (TPSA) is 83.6 Å². The first-order chi connectivity index (χ1) is 11.8. The molecule has 0 spiro atoms. The van der Waals surface area contributed by atoms with Crippen LogP contribution in [0.2, 0.25) is 5.02 Å². The lowest BCUT2D eigenvalue weighted by atomic mass is 10.1. The van der Waals surface area contributed by atoms with E-state index in [9.17, 15) is 18.0 Å². The molecule has 25 heavy (non-hydrogen) atoms. The molecule has 1 N–H and O–H groups in total. The molecule has 0 aromatic heterocycles. The maximum Gasteiger partial charge on any atom is 0.257 e. The molecule has 1 fully saturated rings. The van der Waals surface area contributed by atoms with Gasteiger partial charge in [-0.05, 0) is 36.8 Å². The molecule has 0 bridgehead atoms. The number of benzene rings is 2. The van der Waals surface area contributed by atoms with E-state index in [1.165, 1.54) is 18.2 Å². The standard InChI is InChI=1S/C17H15ClN2O4S/c1-11-4-2-3-5-15(11)19-17(22)13-10-12(6-7-14(13)18)20-16(21)8-9-25(20,23)24/h2-7,10H,8-9H2,1H3,(H,19,22). The Morgan fingerprint density at radius 3 is 2.56 bits per heavy atom. The molecule has 6 nitrogen and oxygen atoms in total. The van der Waals surface area contributed by atoms with Crippen molar-refractivity contribution in [3.63, 3.8) is 0 Å². The minimum Gasteiger partial charge on any atom is -0.322 e. The minimum atomic E-state index is -3.70. The highest BCUT2D eigenvalue weighted by Crippen LogP contribution is 2.29. The van der Waals surface area contributed by atoms with Gasteiger partial charge in [0.25, 0.3) is 5.91 Å². The summed E-state index contributed by atoms with van der Waals surface area (Å²) in [7, 11) is -3.70. The van der Waals surface area contributed by atoms with Crippen LogP contribution in [-0.4, -0.2) is 26.0 Å². The fourth-order valence-electron chi connectivity index (χ4n) is 2.59. The van der Waals surface area contributed by atoms with Gasteiger partial charge in [-0.15, -0.1) is 0 Å². The van der Waals surface area contributed by atoms with Gasteiger partial charge >= 0.3 is 0 Å². The van der Waals surface area contributed by atoms with E-state index in [1.54, 1.807) is 12.1 Å². The van der Waals surface area contributed by atoms with Crippen LogP contribution in [0.15, 0.2) is 42.5 Å². The number of carbonyl (C=O) groups is 2. The Bertz CT molecular complexity index is 972. The summed E-state index contributed by atoms with van der Waals surface area (Å²) >= 11 is 6.10. The highest BCUT2D eigenvalue weighted by atomic mass is 35.5. The zero-order chi connectivity index (χ0) is 18.2. The predicted octanol–water partition coefficient (Wildman–Crippen LogP) is 2.97. The van der Waals surface area contributed by atoms with Crippen molar-refractivity contribution in [2.24, 2.45) is 0 Å². The van der Waals surface area contributed by atoms with Crippen LogP contribution in [0.3, 0.4) is 0 Å². The lowest BCUT2D eigenvalue weighted by Gasteiger charge is -2.17. The Kier molecular flexibility index (Phi) is 4.53. The van der Waals surface area contributed by atoms with Crippen LogP contribution >= 0.6 is 11.6 Å². The second kappa shape index (κ2) is 6.50. The van der Waals surface area contributed by atoms with Crippen molar-refractivity contribution in [1.29, 1.82) is 0 Å². The predicted molar refractivity (Wildman–Crippen MR) is 96.5 cm³/mol. The van der Waals surface area contributed by atoms with Crippen molar-refractivity contribution < 1.29 is 18.0 Å². The number of sulfonamides is 1. The molecule has 1 saturated heterocycles. The third-order valence-corrected chi connectivity index (χ3v) is 5.92. The number of aryl methyl sites for hydroxylation is 1. The Morgan fingerprint density at radius 1 is 1.20 bits per heavy atom. The molecule has 1 aliphatic heterocycles. The van der Waals surface area contributed by atoms with Crippen molar-refractivity contribution >= 4 is 44.8 Å². The summed E-state index contributed by atoms with van der Waals surface area (Å²) in [5.74, 6) is -1.24. The number of para-hydroxylation sites is 1. The number of carbonyl (C=O) groups excluding carboxylic acids is 2. The molecule has 0 unspecified atom stereocenters. The van der Waals surface area contributed by atoms with Crippen molar-refractivity contribution in [2.75, 3.05) is 15.4 Å². The monoisotopic (exact) mass is 378 g/mol. The molecule has 0 radical (unpaired) electrons. The Balaban J connectivity index is 1.96. The van der Waals surface area contributed by atoms with E-state index in [0.29, 0.717) is 5.69 Å². The quantitative estimate of drug-likeness (QED) is 0.889. The fraction of sp³-hybridized carbons (Fsp3) is 0.176. The van der Waals surface area contributed by atoms with Crippen LogP contribution in [-0.2, 0) is 14.8 Å². The molecular weight excluding hydrogens is 364 g/mol. The summed E-state index contributed by atoms with van der Waals surface area (Å²) in [6.07, 6.45) is -0.0737. The maximum atomic E-state index is 12.5. The molecule has 0 atom stereocenters. The second-order valence-corrected chi connectivity index (χ2v) is 8.00. The van der Waals surface area contributed by atoms with Crippen LogP contribution in [0, 0.1) is 6.92 Å². The third kappa shape index (κ3) is 3.38. The minimum absolute atomic E-state index is 0.0737. The highest BCUT2D eigenvalue weighted by Gasteiger charge is 2.36. The van der Waals surface area contributed by atoms with Crippen molar-refractivity contribution in [1.82, 2.24) is 0 Å². The molecule has 8 heteroatoms. The van der Waals surface area contributed by atoms with Gasteiger partial charge in [-0.3, -0.25) is 9.59 Å². The van der Waals surface area contributed by atoms with Gasteiger partial charge in [-0.25, -0.2) is 12.7 Å².